The summed E-state index contributed by atoms with van der Waals surface area (Å²) in [6, 6.07) is 7.73. The predicted octanol–water partition coefficient (Wildman–Crippen LogP) is 3.73. The Morgan fingerprint density at radius 3 is 2.56 bits per heavy atom. The average Bonchev–Trinajstić information content (AvgIpc) is 2.67. The highest BCUT2D eigenvalue weighted by Gasteiger charge is 2.15. The van der Waals surface area contributed by atoms with Gasteiger partial charge in [-0.25, -0.2) is 4.68 Å². The zero-order valence-electron chi connectivity index (χ0n) is 10.0. The van der Waals surface area contributed by atoms with Crippen LogP contribution in [-0.4, -0.2) is 14.9 Å². The SMILES string of the molecule is CCCc1nn(-c2ccc(Br)cc2)c(Cl)c1CO. The van der Waals surface area contributed by atoms with Gasteiger partial charge in [0.15, 0.2) is 0 Å². The van der Waals surface area contributed by atoms with Gasteiger partial charge >= 0.3 is 0 Å². The van der Waals surface area contributed by atoms with Crippen molar-refractivity contribution in [1.29, 1.82) is 0 Å². The lowest BCUT2D eigenvalue weighted by atomic mass is 10.2. The fourth-order valence-electron chi connectivity index (χ4n) is 1.82. The van der Waals surface area contributed by atoms with Crippen molar-refractivity contribution < 1.29 is 5.11 Å². The molecule has 0 spiro atoms. The van der Waals surface area contributed by atoms with Gasteiger partial charge in [0.1, 0.15) is 5.15 Å². The first-order valence-electron chi connectivity index (χ1n) is 5.80. The van der Waals surface area contributed by atoms with Gasteiger partial charge < -0.3 is 5.11 Å². The molecule has 0 saturated carbocycles. The zero-order chi connectivity index (χ0) is 13.1. The summed E-state index contributed by atoms with van der Waals surface area (Å²) in [4.78, 5) is 0. The monoisotopic (exact) mass is 328 g/mol. The summed E-state index contributed by atoms with van der Waals surface area (Å²) in [5.41, 5.74) is 2.48. The van der Waals surface area contributed by atoms with Gasteiger partial charge in [0.25, 0.3) is 0 Å². The maximum atomic E-state index is 9.38. The van der Waals surface area contributed by atoms with Gasteiger partial charge in [-0.1, -0.05) is 40.9 Å². The second-order valence-corrected chi connectivity index (χ2v) is 5.29. The molecule has 1 heterocycles. The van der Waals surface area contributed by atoms with Crippen LogP contribution in [0.2, 0.25) is 5.15 Å². The van der Waals surface area contributed by atoms with Crippen LogP contribution in [0.3, 0.4) is 0 Å². The number of aliphatic hydroxyl groups excluding tert-OH is 1. The summed E-state index contributed by atoms with van der Waals surface area (Å²) in [7, 11) is 0. The lowest BCUT2D eigenvalue weighted by molar-refractivity contribution is 0.280. The molecular weight excluding hydrogens is 316 g/mol. The van der Waals surface area contributed by atoms with Crippen molar-refractivity contribution in [3.63, 3.8) is 0 Å². The lowest BCUT2D eigenvalue weighted by Gasteiger charge is -2.03. The molecule has 0 aliphatic rings. The van der Waals surface area contributed by atoms with Gasteiger partial charge in [-0.15, -0.1) is 0 Å². The summed E-state index contributed by atoms with van der Waals surface area (Å²) in [6.45, 7) is 2.00. The van der Waals surface area contributed by atoms with Gasteiger partial charge in [-0.05, 0) is 30.7 Å². The first kappa shape index (κ1) is 13.6. The Bertz CT molecular complexity index is 537. The number of rotatable bonds is 4. The second kappa shape index (κ2) is 5.87. The van der Waals surface area contributed by atoms with Crippen LogP contribution in [0.25, 0.3) is 5.69 Å². The van der Waals surface area contributed by atoms with Crippen molar-refractivity contribution in [2.75, 3.05) is 0 Å². The minimum Gasteiger partial charge on any atom is -0.391 e. The molecule has 0 aliphatic carbocycles. The number of hydrogen-bond donors (Lipinski definition) is 1. The normalized spacial score (nSPS) is 10.9. The van der Waals surface area contributed by atoms with E-state index in [1.165, 1.54) is 0 Å². The molecule has 3 nitrogen and oxygen atoms in total. The van der Waals surface area contributed by atoms with Gasteiger partial charge in [0, 0.05) is 10.0 Å². The molecule has 18 heavy (non-hydrogen) atoms. The molecule has 0 amide bonds. The topological polar surface area (TPSA) is 38.0 Å². The predicted molar refractivity (Wildman–Crippen MR) is 76.2 cm³/mol. The van der Waals surface area contributed by atoms with Crippen LogP contribution >= 0.6 is 27.5 Å². The molecule has 5 heteroatoms. The van der Waals surface area contributed by atoms with Crippen molar-refractivity contribution in [2.45, 2.75) is 26.4 Å². The van der Waals surface area contributed by atoms with Gasteiger partial charge in [-0.2, -0.15) is 5.10 Å². The largest absolute Gasteiger partial charge is 0.391 e. The third-order valence-electron chi connectivity index (χ3n) is 2.72. The van der Waals surface area contributed by atoms with Crippen LogP contribution in [0.15, 0.2) is 28.7 Å². The van der Waals surface area contributed by atoms with E-state index in [9.17, 15) is 5.11 Å². The van der Waals surface area contributed by atoms with E-state index in [0.717, 1.165) is 34.3 Å². The van der Waals surface area contributed by atoms with E-state index in [1.54, 1.807) is 4.68 Å². The van der Waals surface area contributed by atoms with Crippen LogP contribution in [0, 0.1) is 0 Å². The van der Waals surface area contributed by atoms with Crippen molar-refractivity contribution in [3.05, 3.63) is 45.1 Å². The van der Waals surface area contributed by atoms with E-state index in [1.807, 2.05) is 24.3 Å². The Labute approximate surface area is 120 Å². The Kier molecular flexibility index (Phi) is 4.43. The molecule has 0 radical (unpaired) electrons. The van der Waals surface area contributed by atoms with Crippen LogP contribution in [0.4, 0.5) is 0 Å². The van der Waals surface area contributed by atoms with E-state index in [2.05, 4.69) is 28.0 Å². The molecule has 1 aromatic carbocycles. The Morgan fingerprint density at radius 2 is 2.00 bits per heavy atom. The standard InChI is InChI=1S/C13H14BrClN2O/c1-2-3-12-11(8-18)13(15)17(16-12)10-6-4-9(14)5-7-10/h4-7,18H,2-3,8H2,1H3. The van der Waals surface area contributed by atoms with E-state index in [-0.39, 0.29) is 6.61 Å². The van der Waals surface area contributed by atoms with E-state index >= 15 is 0 Å². The summed E-state index contributed by atoms with van der Waals surface area (Å²) in [5.74, 6) is 0. The molecule has 0 bridgehead atoms. The van der Waals surface area contributed by atoms with Crippen LogP contribution in [0.1, 0.15) is 24.6 Å². The van der Waals surface area contributed by atoms with Crippen molar-refractivity contribution in [3.8, 4) is 5.69 Å². The van der Waals surface area contributed by atoms with Crippen molar-refractivity contribution in [2.24, 2.45) is 0 Å². The minimum atomic E-state index is -0.0787. The maximum Gasteiger partial charge on any atom is 0.138 e. The summed E-state index contributed by atoms with van der Waals surface area (Å²) < 4.78 is 2.68. The first-order valence-corrected chi connectivity index (χ1v) is 6.97. The molecule has 2 rings (SSSR count). The van der Waals surface area contributed by atoms with Crippen LogP contribution < -0.4 is 0 Å². The quantitative estimate of drug-likeness (QED) is 0.928. The second-order valence-electron chi connectivity index (χ2n) is 4.01. The third-order valence-corrected chi connectivity index (χ3v) is 3.64. The molecule has 0 atom stereocenters. The number of nitrogens with zero attached hydrogens (tertiary/aromatic N) is 2. The number of halogens is 2. The number of aryl methyl sites for hydroxylation is 1. The zero-order valence-corrected chi connectivity index (χ0v) is 12.4. The van der Waals surface area contributed by atoms with Crippen LogP contribution in [0.5, 0.6) is 0 Å². The fourth-order valence-corrected chi connectivity index (χ4v) is 2.39. The molecule has 0 aliphatic heterocycles. The van der Waals surface area contributed by atoms with E-state index < -0.39 is 0 Å². The number of benzene rings is 1. The molecule has 96 valence electrons. The van der Waals surface area contributed by atoms with E-state index in [0.29, 0.717) is 5.15 Å². The molecule has 2 aromatic rings. The molecule has 0 saturated heterocycles. The highest BCUT2D eigenvalue weighted by Crippen LogP contribution is 2.25. The fraction of sp³-hybridized carbons (Fsp3) is 0.308. The highest BCUT2D eigenvalue weighted by molar-refractivity contribution is 9.10. The van der Waals surface area contributed by atoms with Gasteiger partial charge in [0.05, 0.1) is 18.0 Å². The van der Waals surface area contributed by atoms with Crippen molar-refractivity contribution in [1.82, 2.24) is 9.78 Å². The smallest absolute Gasteiger partial charge is 0.138 e. The first-order chi connectivity index (χ1) is 8.67. The summed E-state index contributed by atoms with van der Waals surface area (Å²) in [6.07, 6.45) is 1.79. The minimum absolute atomic E-state index is 0.0787. The highest BCUT2D eigenvalue weighted by atomic mass is 79.9. The Morgan fingerprint density at radius 1 is 1.33 bits per heavy atom. The number of aromatic nitrogens is 2. The third kappa shape index (κ3) is 2.60. The van der Waals surface area contributed by atoms with Crippen LogP contribution in [-0.2, 0) is 13.0 Å². The average molecular weight is 330 g/mol. The molecule has 1 N–H and O–H groups in total. The Hall–Kier alpha value is -0.840. The molecule has 1 aromatic heterocycles. The Balaban J connectivity index is 2.47. The molecule has 0 unspecified atom stereocenters. The lowest BCUT2D eigenvalue weighted by Crippen LogP contribution is -1.97. The van der Waals surface area contributed by atoms with Gasteiger partial charge in [-0.3, -0.25) is 0 Å². The number of hydrogen-bond acceptors (Lipinski definition) is 2. The molecule has 0 fully saturated rings. The van der Waals surface area contributed by atoms with Crippen molar-refractivity contribution >= 4 is 27.5 Å². The molecular formula is C13H14BrClN2O. The van der Waals surface area contributed by atoms with E-state index in [4.69, 9.17) is 11.6 Å². The van der Waals surface area contributed by atoms with Gasteiger partial charge in [0.2, 0.25) is 0 Å². The maximum absolute atomic E-state index is 9.38. The summed E-state index contributed by atoms with van der Waals surface area (Å²) in [5, 5.41) is 14.4. The summed E-state index contributed by atoms with van der Waals surface area (Å²) >= 11 is 9.66. The number of aliphatic hydroxyl groups is 1.